The molecule has 0 saturated carbocycles. The van der Waals surface area contributed by atoms with Crippen LogP contribution >= 0.6 is 0 Å². The van der Waals surface area contributed by atoms with Crippen LogP contribution in [-0.2, 0) is 19.6 Å². The quantitative estimate of drug-likeness (QED) is 0.410. The summed E-state index contributed by atoms with van der Waals surface area (Å²) in [7, 11) is 5.03. The van der Waals surface area contributed by atoms with E-state index >= 15 is 0 Å². The maximum absolute atomic E-state index is 6.18. The highest BCUT2D eigenvalue weighted by Gasteiger charge is 2.27. The van der Waals surface area contributed by atoms with Gasteiger partial charge in [0.05, 0.1) is 32.3 Å². The van der Waals surface area contributed by atoms with Crippen molar-refractivity contribution in [3.8, 4) is 34.3 Å². The number of ether oxygens (including phenoxy) is 4. The predicted molar refractivity (Wildman–Crippen MR) is 124 cm³/mol. The molecule has 0 radical (unpaired) electrons. The van der Waals surface area contributed by atoms with Gasteiger partial charge in [0.2, 0.25) is 5.69 Å². The lowest BCUT2D eigenvalue weighted by atomic mass is 9.95. The largest absolute Gasteiger partial charge is 1.00 e. The van der Waals surface area contributed by atoms with E-state index in [0.717, 1.165) is 63.6 Å². The maximum atomic E-state index is 6.18. The van der Waals surface area contributed by atoms with Crippen molar-refractivity contribution in [2.45, 2.75) is 19.6 Å². The number of aryl methyl sites for hydroxylation is 2. The van der Waals surface area contributed by atoms with Gasteiger partial charge in [-0.05, 0) is 40.8 Å². The van der Waals surface area contributed by atoms with Gasteiger partial charge in [-0.2, -0.15) is 4.57 Å². The van der Waals surface area contributed by atoms with E-state index in [1.807, 2.05) is 24.3 Å². The number of halogens is 1. The summed E-state index contributed by atoms with van der Waals surface area (Å²) in [5, 5.41) is 2.14. The Balaban J connectivity index is 0.00000259. The topological polar surface area (TPSA) is 40.8 Å². The molecule has 5 nitrogen and oxygen atoms in total. The Morgan fingerprint density at radius 2 is 1.61 bits per heavy atom. The number of hydrogen-bond donors (Lipinski definition) is 0. The lowest BCUT2D eigenvalue weighted by Gasteiger charge is -2.19. The van der Waals surface area contributed by atoms with E-state index in [-0.39, 0.29) is 12.4 Å². The summed E-state index contributed by atoms with van der Waals surface area (Å²) in [4.78, 5) is 0. The number of fused-ring (bicyclic) bond motifs is 4. The highest BCUT2D eigenvalue weighted by Crippen LogP contribution is 2.40. The molecule has 1 aromatic heterocycles. The van der Waals surface area contributed by atoms with E-state index in [1.165, 1.54) is 5.56 Å². The van der Waals surface area contributed by atoms with Gasteiger partial charge in [0, 0.05) is 12.5 Å². The van der Waals surface area contributed by atoms with Crippen LogP contribution in [0, 0.1) is 0 Å². The van der Waals surface area contributed by atoms with Gasteiger partial charge in [-0.3, -0.25) is 0 Å². The van der Waals surface area contributed by atoms with Crippen molar-refractivity contribution in [1.82, 2.24) is 0 Å². The lowest BCUT2D eigenvalue weighted by Crippen LogP contribution is -3.00. The molecular weight excluding hydrogens is 438 g/mol. The van der Waals surface area contributed by atoms with Gasteiger partial charge in [0.25, 0.3) is 0 Å². The molecule has 0 fully saturated rings. The molecule has 0 aliphatic carbocycles. The summed E-state index contributed by atoms with van der Waals surface area (Å²) >= 11 is 0. The third-order valence-electron chi connectivity index (χ3n) is 6.03. The zero-order chi connectivity index (χ0) is 22.1. The van der Waals surface area contributed by atoms with Crippen LogP contribution in [0.25, 0.3) is 22.0 Å². The zero-order valence-electron chi connectivity index (χ0n) is 18.9. The lowest BCUT2D eigenvalue weighted by molar-refractivity contribution is -0.686. The van der Waals surface area contributed by atoms with Gasteiger partial charge in [0.1, 0.15) is 6.61 Å². The highest BCUT2D eigenvalue weighted by molar-refractivity contribution is 5.91. The first-order valence-electron chi connectivity index (χ1n) is 10.7. The molecule has 170 valence electrons. The first kappa shape index (κ1) is 22.7. The number of rotatable bonds is 6. The van der Waals surface area contributed by atoms with Crippen LogP contribution in [0.1, 0.15) is 11.1 Å². The highest BCUT2D eigenvalue weighted by atomic mass is 35.5. The first-order valence-corrected chi connectivity index (χ1v) is 10.7. The van der Waals surface area contributed by atoms with Gasteiger partial charge in [-0.25, -0.2) is 0 Å². The summed E-state index contributed by atoms with van der Waals surface area (Å²) in [5.41, 5.74) is 4.69. The van der Waals surface area contributed by atoms with Crippen LogP contribution in [0.2, 0.25) is 0 Å². The van der Waals surface area contributed by atoms with Crippen LogP contribution in [0.15, 0.2) is 66.9 Å². The fraction of sp³-hybridized carbons (Fsp3) is 0.222. The number of aromatic nitrogens is 1. The average molecular weight is 464 g/mol. The molecule has 0 amide bonds. The Bertz CT molecular complexity index is 1290. The van der Waals surface area contributed by atoms with Crippen LogP contribution in [0.3, 0.4) is 0 Å². The van der Waals surface area contributed by atoms with E-state index < -0.39 is 0 Å². The predicted octanol–water partition coefficient (Wildman–Crippen LogP) is 1.96. The molecule has 0 bridgehead atoms. The Morgan fingerprint density at radius 3 is 2.33 bits per heavy atom. The van der Waals surface area contributed by atoms with Crippen molar-refractivity contribution in [2.24, 2.45) is 0 Å². The SMILES string of the molecule is COc1cc2c(cc1OCc1ccccc1)-c1cc3ccc(OC)c(OC)c3c[n+]1CC2.[Cl-]. The van der Waals surface area contributed by atoms with Gasteiger partial charge < -0.3 is 31.4 Å². The van der Waals surface area contributed by atoms with Gasteiger partial charge >= 0.3 is 0 Å². The van der Waals surface area contributed by atoms with Crippen molar-refractivity contribution < 1.29 is 35.9 Å². The molecule has 3 aromatic carbocycles. The van der Waals surface area contributed by atoms with Crippen molar-refractivity contribution in [3.63, 3.8) is 0 Å². The fourth-order valence-electron chi connectivity index (χ4n) is 4.39. The van der Waals surface area contributed by atoms with E-state index in [9.17, 15) is 0 Å². The van der Waals surface area contributed by atoms with E-state index in [2.05, 4.69) is 47.2 Å². The number of pyridine rings is 1. The third kappa shape index (κ3) is 4.16. The summed E-state index contributed by atoms with van der Waals surface area (Å²) in [6, 6.07) is 20.6. The Morgan fingerprint density at radius 1 is 0.818 bits per heavy atom. The second-order valence-electron chi connectivity index (χ2n) is 7.84. The standard InChI is InChI=1S/C27H26NO4.ClH/c1-29-24-10-9-19-13-23-21-15-26(32-17-18-7-5-4-6-8-18)25(30-2)14-20(21)11-12-28(23)16-22(19)27(24)31-3;/h4-10,13-16H,11-12,17H2,1-3H3;1H/q+1;/p-1. The minimum Gasteiger partial charge on any atom is -1.00 e. The number of methoxy groups -OCH3 is 3. The molecule has 1 aliphatic rings. The fourth-order valence-corrected chi connectivity index (χ4v) is 4.39. The number of nitrogens with zero attached hydrogens (tertiary/aromatic N) is 1. The second kappa shape index (κ2) is 9.59. The molecule has 0 saturated heterocycles. The van der Waals surface area contributed by atoms with Gasteiger partial charge in [0.15, 0.2) is 35.7 Å². The van der Waals surface area contributed by atoms with Gasteiger partial charge in [-0.15, -0.1) is 0 Å². The minimum absolute atomic E-state index is 0. The van der Waals surface area contributed by atoms with E-state index in [4.69, 9.17) is 18.9 Å². The Kier molecular flexibility index (Phi) is 6.61. The summed E-state index contributed by atoms with van der Waals surface area (Å²) in [6.45, 7) is 1.37. The van der Waals surface area contributed by atoms with Crippen LogP contribution in [0.5, 0.6) is 23.0 Å². The molecule has 0 spiro atoms. The summed E-state index contributed by atoms with van der Waals surface area (Å²) < 4.78 is 25.3. The Labute approximate surface area is 199 Å². The zero-order valence-corrected chi connectivity index (χ0v) is 19.7. The molecule has 2 heterocycles. The molecule has 6 heteroatoms. The minimum atomic E-state index is 0. The van der Waals surface area contributed by atoms with Crippen molar-refractivity contribution in [1.29, 1.82) is 0 Å². The molecule has 4 aromatic rings. The molecule has 0 N–H and O–H groups in total. The van der Waals surface area contributed by atoms with Crippen molar-refractivity contribution >= 4 is 10.8 Å². The van der Waals surface area contributed by atoms with Crippen molar-refractivity contribution in [2.75, 3.05) is 21.3 Å². The molecule has 33 heavy (non-hydrogen) atoms. The molecule has 5 rings (SSSR count). The second-order valence-corrected chi connectivity index (χ2v) is 7.84. The molecular formula is C27H26ClNO4. The third-order valence-corrected chi connectivity index (χ3v) is 6.03. The number of hydrogen-bond acceptors (Lipinski definition) is 4. The smallest absolute Gasteiger partial charge is 0.213 e. The number of benzene rings is 3. The normalized spacial score (nSPS) is 11.7. The van der Waals surface area contributed by atoms with Crippen LogP contribution in [0.4, 0.5) is 0 Å². The Hall–Kier alpha value is -3.44. The molecule has 0 unspecified atom stereocenters. The average Bonchev–Trinajstić information content (AvgIpc) is 2.85. The van der Waals surface area contributed by atoms with Crippen LogP contribution < -0.4 is 35.9 Å². The summed E-state index contributed by atoms with van der Waals surface area (Å²) in [6.07, 6.45) is 3.07. The monoisotopic (exact) mass is 463 g/mol. The van der Waals surface area contributed by atoms with E-state index in [0.29, 0.717) is 6.61 Å². The maximum Gasteiger partial charge on any atom is 0.213 e. The van der Waals surface area contributed by atoms with E-state index in [1.54, 1.807) is 21.3 Å². The molecule has 1 aliphatic heterocycles. The summed E-state index contributed by atoms with van der Waals surface area (Å²) in [5.74, 6) is 3.00. The van der Waals surface area contributed by atoms with Crippen molar-refractivity contribution in [3.05, 3.63) is 78.0 Å². The van der Waals surface area contributed by atoms with Gasteiger partial charge in [-0.1, -0.05) is 30.3 Å². The molecule has 0 atom stereocenters. The first-order chi connectivity index (χ1) is 15.7. The van der Waals surface area contributed by atoms with Crippen LogP contribution in [-0.4, -0.2) is 21.3 Å².